The second kappa shape index (κ2) is 6.69. The summed E-state index contributed by atoms with van der Waals surface area (Å²) >= 11 is 1.44. The molecule has 0 radical (unpaired) electrons. The second-order valence-corrected chi connectivity index (χ2v) is 4.65. The van der Waals surface area contributed by atoms with Crippen LogP contribution in [0.4, 0.5) is 0 Å². The molecule has 0 fully saturated rings. The molecule has 96 valence electrons. The van der Waals surface area contributed by atoms with Gasteiger partial charge in [-0.25, -0.2) is 0 Å². The summed E-state index contributed by atoms with van der Waals surface area (Å²) in [4.78, 5) is 16.7. The van der Waals surface area contributed by atoms with Crippen LogP contribution in [-0.4, -0.2) is 17.4 Å². The van der Waals surface area contributed by atoms with Gasteiger partial charge in [0, 0.05) is 24.3 Å². The van der Waals surface area contributed by atoms with Crippen LogP contribution in [0.3, 0.4) is 0 Å². The van der Waals surface area contributed by atoms with Crippen molar-refractivity contribution in [3.05, 3.63) is 52.0 Å². The molecule has 2 rings (SSSR count). The van der Waals surface area contributed by atoms with Gasteiger partial charge in [0.25, 0.3) is 5.91 Å². The Kier molecular flexibility index (Phi) is 4.67. The van der Waals surface area contributed by atoms with Crippen molar-refractivity contribution in [1.29, 1.82) is 0 Å². The number of nitrogens with one attached hydrogen (secondary N) is 1. The first-order valence-corrected chi connectivity index (χ1v) is 6.62. The molecule has 0 atom stereocenters. The Balaban J connectivity index is 1.95. The molecule has 2 aromatic heterocycles. The van der Waals surface area contributed by atoms with E-state index in [4.69, 9.17) is 5.73 Å². The van der Waals surface area contributed by atoms with Crippen molar-refractivity contribution in [1.82, 2.24) is 10.3 Å². The molecule has 2 aromatic rings. The first-order valence-electron chi connectivity index (χ1n) is 5.74. The largest absolute Gasteiger partial charge is 0.348 e. The van der Waals surface area contributed by atoms with Crippen molar-refractivity contribution in [2.45, 2.75) is 6.54 Å². The summed E-state index contributed by atoms with van der Waals surface area (Å²) in [6, 6.07) is 5.51. The van der Waals surface area contributed by atoms with Gasteiger partial charge in [0.1, 0.15) is 0 Å². The monoisotopic (exact) mass is 271 g/mol. The zero-order valence-corrected chi connectivity index (χ0v) is 11.0. The highest BCUT2D eigenvalue weighted by atomic mass is 32.1. The second-order valence-electron chi connectivity index (χ2n) is 3.74. The summed E-state index contributed by atoms with van der Waals surface area (Å²) in [5.41, 5.74) is 6.94. The Morgan fingerprint density at radius 1 is 1.42 bits per heavy atom. The molecule has 4 nitrogen and oxygen atoms in total. The van der Waals surface area contributed by atoms with E-state index in [1.165, 1.54) is 11.3 Å². The predicted octanol–water partition coefficient (Wildman–Crippen LogP) is 1.38. The Hall–Kier alpha value is -2.16. The van der Waals surface area contributed by atoms with Crippen LogP contribution < -0.4 is 11.1 Å². The van der Waals surface area contributed by atoms with Gasteiger partial charge in [0.05, 0.1) is 17.0 Å². The zero-order valence-electron chi connectivity index (χ0n) is 10.2. The van der Waals surface area contributed by atoms with E-state index in [2.05, 4.69) is 22.1 Å². The van der Waals surface area contributed by atoms with Gasteiger partial charge in [-0.15, -0.1) is 11.3 Å². The Morgan fingerprint density at radius 3 is 2.95 bits per heavy atom. The van der Waals surface area contributed by atoms with Crippen LogP contribution in [0.2, 0.25) is 0 Å². The van der Waals surface area contributed by atoms with Crippen molar-refractivity contribution in [3.8, 4) is 11.8 Å². The molecular weight excluding hydrogens is 258 g/mol. The van der Waals surface area contributed by atoms with Gasteiger partial charge in [0.15, 0.2) is 0 Å². The van der Waals surface area contributed by atoms with E-state index in [1.54, 1.807) is 23.8 Å². The first-order chi connectivity index (χ1) is 9.29. The maximum absolute atomic E-state index is 11.9. The minimum Gasteiger partial charge on any atom is -0.348 e. The van der Waals surface area contributed by atoms with Crippen molar-refractivity contribution in [2.24, 2.45) is 5.73 Å². The number of carbonyl (C=O) groups excluding carboxylic acids is 1. The first kappa shape index (κ1) is 13.3. The molecule has 19 heavy (non-hydrogen) atoms. The fourth-order valence-electron chi connectivity index (χ4n) is 1.44. The normalized spacial score (nSPS) is 9.53. The highest BCUT2D eigenvalue weighted by molar-refractivity contribution is 7.10. The summed E-state index contributed by atoms with van der Waals surface area (Å²) in [6.45, 7) is 0.808. The van der Waals surface area contributed by atoms with E-state index in [-0.39, 0.29) is 5.91 Å². The third-order valence-electron chi connectivity index (χ3n) is 2.38. The zero-order chi connectivity index (χ0) is 13.5. The van der Waals surface area contributed by atoms with Crippen LogP contribution in [0.15, 0.2) is 36.0 Å². The average Bonchev–Trinajstić information content (AvgIpc) is 2.92. The van der Waals surface area contributed by atoms with Crippen LogP contribution >= 0.6 is 11.3 Å². The van der Waals surface area contributed by atoms with Gasteiger partial charge in [-0.3, -0.25) is 9.78 Å². The minimum absolute atomic E-state index is 0.103. The minimum atomic E-state index is -0.103. The number of amides is 1. The van der Waals surface area contributed by atoms with Gasteiger partial charge in [-0.05, 0) is 23.8 Å². The molecule has 0 saturated carbocycles. The average molecular weight is 271 g/mol. The SMILES string of the molecule is NCC#Cc1cc(C(=O)NCc2ccncc2)cs1. The van der Waals surface area contributed by atoms with E-state index in [9.17, 15) is 4.79 Å². The fraction of sp³-hybridized carbons (Fsp3) is 0.143. The lowest BCUT2D eigenvalue weighted by Crippen LogP contribution is -2.22. The molecule has 0 aliphatic heterocycles. The number of carbonyl (C=O) groups is 1. The van der Waals surface area contributed by atoms with Crippen LogP contribution in [0.5, 0.6) is 0 Å². The van der Waals surface area contributed by atoms with Crippen molar-refractivity contribution in [2.75, 3.05) is 6.54 Å². The third-order valence-corrected chi connectivity index (χ3v) is 3.22. The molecule has 5 heteroatoms. The lowest BCUT2D eigenvalue weighted by Gasteiger charge is -2.02. The van der Waals surface area contributed by atoms with Crippen molar-refractivity contribution < 1.29 is 4.79 Å². The summed E-state index contributed by atoms with van der Waals surface area (Å²) in [5.74, 6) is 5.57. The number of rotatable bonds is 3. The summed E-state index contributed by atoms with van der Waals surface area (Å²) in [5, 5.41) is 4.65. The maximum Gasteiger partial charge on any atom is 0.252 e. The maximum atomic E-state index is 11.9. The summed E-state index contributed by atoms with van der Waals surface area (Å²) in [6.07, 6.45) is 3.40. The number of aromatic nitrogens is 1. The number of nitrogens with two attached hydrogens (primary N) is 1. The standard InChI is InChI=1S/C14H13N3OS/c15-5-1-2-13-8-12(10-19-13)14(18)17-9-11-3-6-16-7-4-11/h3-4,6-8,10H,5,9,15H2,(H,17,18). The van der Waals surface area contributed by atoms with Crippen LogP contribution in [0, 0.1) is 11.8 Å². The highest BCUT2D eigenvalue weighted by Crippen LogP contribution is 2.13. The topological polar surface area (TPSA) is 68.0 Å². The Bertz CT molecular complexity index is 610. The molecule has 0 aliphatic carbocycles. The molecule has 0 aromatic carbocycles. The summed E-state index contributed by atoms with van der Waals surface area (Å²) < 4.78 is 0. The van der Waals surface area contributed by atoms with Gasteiger partial charge in [-0.2, -0.15) is 0 Å². The van der Waals surface area contributed by atoms with Crippen LogP contribution in [0.25, 0.3) is 0 Å². The highest BCUT2D eigenvalue weighted by Gasteiger charge is 2.07. The number of hydrogen-bond donors (Lipinski definition) is 2. The van der Waals surface area contributed by atoms with Crippen LogP contribution in [-0.2, 0) is 6.54 Å². The molecule has 0 spiro atoms. The van der Waals surface area contributed by atoms with Crippen molar-refractivity contribution >= 4 is 17.2 Å². The van der Waals surface area contributed by atoms with E-state index in [0.717, 1.165) is 10.4 Å². The van der Waals surface area contributed by atoms with E-state index in [0.29, 0.717) is 18.7 Å². The molecule has 1 amide bonds. The summed E-state index contributed by atoms with van der Waals surface area (Å²) in [7, 11) is 0. The lowest BCUT2D eigenvalue weighted by molar-refractivity contribution is 0.0951. The molecule has 3 N–H and O–H groups in total. The van der Waals surface area contributed by atoms with Gasteiger partial charge in [0.2, 0.25) is 0 Å². The lowest BCUT2D eigenvalue weighted by atomic mass is 10.2. The van der Waals surface area contributed by atoms with Gasteiger partial charge < -0.3 is 11.1 Å². The molecular formula is C14H13N3OS. The van der Waals surface area contributed by atoms with E-state index in [1.807, 2.05) is 12.1 Å². The number of thiophene rings is 1. The Morgan fingerprint density at radius 2 is 2.21 bits per heavy atom. The smallest absolute Gasteiger partial charge is 0.252 e. The van der Waals surface area contributed by atoms with Gasteiger partial charge in [-0.1, -0.05) is 11.8 Å². The molecule has 0 unspecified atom stereocenters. The van der Waals surface area contributed by atoms with Crippen molar-refractivity contribution in [3.63, 3.8) is 0 Å². The molecule has 0 bridgehead atoms. The quantitative estimate of drug-likeness (QED) is 0.829. The Labute approximate surface area is 115 Å². The van der Waals surface area contributed by atoms with Gasteiger partial charge >= 0.3 is 0 Å². The number of nitrogens with zero attached hydrogens (tertiary/aromatic N) is 1. The third kappa shape index (κ3) is 3.91. The molecule has 2 heterocycles. The van der Waals surface area contributed by atoms with Crippen LogP contribution in [0.1, 0.15) is 20.8 Å². The predicted molar refractivity (Wildman–Crippen MR) is 75.7 cm³/mol. The van der Waals surface area contributed by atoms with E-state index < -0.39 is 0 Å². The van der Waals surface area contributed by atoms with E-state index >= 15 is 0 Å². The molecule has 0 saturated heterocycles. The number of hydrogen-bond acceptors (Lipinski definition) is 4. The number of pyridine rings is 1. The fourth-order valence-corrected chi connectivity index (χ4v) is 2.20. The molecule has 0 aliphatic rings.